The summed E-state index contributed by atoms with van der Waals surface area (Å²) in [7, 11) is 6.36. The molecule has 16 heavy (non-hydrogen) atoms. The van der Waals surface area contributed by atoms with Crippen LogP contribution in [-0.4, -0.2) is 62.7 Å². The third-order valence-electron chi connectivity index (χ3n) is 3.31. The van der Waals surface area contributed by atoms with Crippen molar-refractivity contribution in [1.29, 1.82) is 0 Å². The SMILES string of the molecule is CCCN(CCN(C)C)C(C)C(CC)NC. The van der Waals surface area contributed by atoms with E-state index in [-0.39, 0.29) is 0 Å². The van der Waals surface area contributed by atoms with Crippen molar-refractivity contribution in [2.75, 3.05) is 40.8 Å². The molecule has 0 spiro atoms. The summed E-state index contributed by atoms with van der Waals surface area (Å²) in [4.78, 5) is 4.86. The van der Waals surface area contributed by atoms with Gasteiger partial charge in [-0.05, 0) is 47.5 Å². The number of nitrogens with one attached hydrogen (secondary N) is 1. The van der Waals surface area contributed by atoms with Crippen molar-refractivity contribution >= 4 is 0 Å². The molecule has 0 fully saturated rings. The smallest absolute Gasteiger partial charge is 0.0221 e. The number of rotatable bonds is 9. The molecule has 0 aromatic rings. The zero-order valence-corrected chi connectivity index (χ0v) is 12.1. The van der Waals surface area contributed by atoms with E-state index in [0.717, 1.165) is 6.54 Å². The second-order valence-corrected chi connectivity index (χ2v) is 4.88. The maximum absolute atomic E-state index is 3.42. The van der Waals surface area contributed by atoms with Crippen molar-refractivity contribution in [3.8, 4) is 0 Å². The second kappa shape index (κ2) is 8.97. The molecular formula is C13H31N3. The Morgan fingerprint density at radius 1 is 1.06 bits per heavy atom. The second-order valence-electron chi connectivity index (χ2n) is 4.88. The minimum absolute atomic E-state index is 0.605. The molecule has 0 aliphatic rings. The standard InChI is InChI=1S/C13H31N3/c1-7-9-16(11-10-15(5)6)12(3)13(8-2)14-4/h12-14H,7-11H2,1-6H3. The van der Waals surface area contributed by atoms with Gasteiger partial charge >= 0.3 is 0 Å². The highest BCUT2D eigenvalue weighted by molar-refractivity contribution is 4.79. The summed E-state index contributed by atoms with van der Waals surface area (Å²) in [6.07, 6.45) is 2.43. The Balaban J connectivity index is 4.25. The van der Waals surface area contributed by atoms with Gasteiger partial charge in [-0.25, -0.2) is 0 Å². The largest absolute Gasteiger partial charge is 0.315 e. The fourth-order valence-electron chi connectivity index (χ4n) is 2.18. The van der Waals surface area contributed by atoms with Gasteiger partial charge in [0.15, 0.2) is 0 Å². The Kier molecular flexibility index (Phi) is 8.90. The van der Waals surface area contributed by atoms with Gasteiger partial charge in [-0.2, -0.15) is 0 Å². The number of likely N-dealkylation sites (N-methyl/N-ethyl adjacent to an activating group) is 2. The lowest BCUT2D eigenvalue weighted by Gasteiger charge is -2.34. The third-order valence-corrected chi connectivity index (χ3v) is 3.31. The molecule has 3 nitrogen and oxygen atoms in total. The quantitative estimate of drug-likeness (QED) is 0.648. The third kappa shape index (κ3) is 5.83. The van der Waals surface area contributed by atoms with Crippen molar-refractivity contribution < 1.29 is 0 Å². The molecule has 0 bridgehead atoms. The summed E-state index contributed by atoms with van der Waals surface area (Å²) >= 11 is 0. The van der Waals surface area contributed by atoms with Gasteiger partial charge in [-0.3, -0.25) is 4.90 Å². The summed E-state index contributed by atoms with van der Waals surface area (Å²) in [6, 6.07) is 1.23. The number of nitrogens with zero attached hydrogens (tertiary/aromatic N) is 2. The van der Waals surface area contributed by atoms with E-state index < -0.39 is 0 Å². The molecule has 0 radical (unpaired) electrons. The Labute approximate surface area is 102 Å². The summed E-state index contributed by atoms with van der Waals surface area (Å²) in [5.41, 5.74) is 0. The van der Waals surface area contributed by atoms with Crippen LogP contribution in [0.4, 0.5) is 0 Å². The monoisotopic (exact) mass is 229 g/mol. The first-order valence-electron chi connectivity index (χ1n) is 6.62. The molecule has 98 valence electrons. The first kappa shape index (κ1) is 15.9. The van der Waals surface area contributed by atoms with Gasteiger partial charge in [-0.15, -0.1) is 0 Å². The van der Waals surface area contributed by atoms with E-state index in [4.69, 9.17) is 0 Å². The maximum Gasteiger partial charge on any atom is 0.0221 e. The highest BCUT2D eigenvalue weighted by Crippen LogP contribution is 2.08. The minimum atomic E-state index is 0.605. The lowest BCUT2D eigenvalue weighted by Crippen LogP contribution is -2.49. The molecule has 0 aliphatic heterocycles. The van der Waals surface area contributed by atoms with Gasteiger partial charge in [-0.1, -0.05) is 13.8 Å². The molecular weight excluding hydrogens is 198 g/mol. The average molecular weight is 229 g/mol. The van der Waals surface area contributed by atoms with Crippen LogP contribution in [-0.2, 0) is 0 Å². The van der Waals surface area contributed by atoms with Crippen LogP contribution in [0.2, 0.25) is 0 Å². The Bertz CT molecular complexity index is 155. The fraction of sp³-hybridized carbons (Fsp3) is 1.00. The molecule has 0 saturated carbocycles. The van der Waals surface area contributed by atoms with Crippen LogP contribution in [0, 0.1) is 0 Å². The van der Waals surface area contributed by atoms with E-state index in [1.807, 2.05) is 0 Å². The van der Waals surface area contributed by atoms with Gasteiger partial charge in [0.05, 0.1) is 0 Å². The summed E-state index contributed by atoms with van der Waals surface area (Å²) < 4.78 is 0. The summed E-state index contributed by atoms with van der Waals surface area (Å²) in [5, 5.41) is 3.42. The topological polar surface area (TPSA) is 18.5 Å². The normalized spacial score (nSPS) is 15.8. The Hall–Kier alpha value is -0.120. The predicted molar refractivity (Wildman–Crippen MR) is 73.0 cm³/mol. The van der Waals surface area contributed by atoms with E-state index in [0.29, 0.717) is 12.1 Å². The number of hydrogen-bond donors (Lipinski definition) is 1. The first-order chi connectivity index (χ1) is 7.56. The van der Waals surface area contributed by atoms with E-state index in [9.17, 15) is 0 Å². The van der Waals surface area contributed by atoms with Crippen LogP contribution in [0.15, 0.2) is 0 Å². The summed E-state index contributed by atoms with van der Waals surface area (Å²) in [5.74, 6) is 0. The Morgan fingerprint density at radius 2 is 1.69 bits per heavy atom. The molecule has 0 heterocycles. The van der Waals surface area contributed by atoms with Crippen molar-refractivity contribution in [2.24, 2.45) is 0 Å². The van der Waals surface area contributed by atoms with Gasteiger partial charge in [0.2, 0.25) is 0 Å². The van der Waals surface area contributed by atoms with Crippen LogP contribution in [0.1, 0.15) is 33.6 Å². The van der Waals surface area contributed by atoms with Crippen molar-refractivity contribution in [2.45, 2.75) is 45.7 Å². The molecule has 0 aromatic heterocycles. The van der Waals surface area contributed by atoms with Crippen LogP contribution < -0.4 is 5.32 Å². The molecule has 0 amide bonds. The molecule has 0 saturated heterocycles. The summed E-state index contributed by atoms with van der Waals surface area (Å²) in [6.45, 7) is 10.4. The van der Waals surface area contributed by atoms with Crippen LogP contribution in [0.5, 0.6) is 0 Å². The van der Waals surface area contributed by atoms with Gasteiger partial charge in [0.25, 0.3) is 0 Å². The predicted octanol–water partition coefficient (Wildman–Crippen LogP) is 1.65. The molecule has 3 heteroatoms. The van der Waals surface area contributed by atoms with E-state index in [2.05, 4.69) is 57.0 Å². The molecule has 2 unspecified atom stereocenters. The minimum Gasteiger partial charge on any atom is -0.315 e. The lowest BCUT2D eigenvalue weighted by atomic mass is 10.1. The first-order valence-corrected chi connectivity index (χ1v) is 6.62. The van der Waals surface area contributed by atoms with Crippen LogP contribution in [0.3, 0.4) is 0 Å². The highest BCUT2D eigenvalue weighted by Gasteiger charge is 2.20. The van der Waals surface area contributed by atoms with Crippen molar-refractivity contribution in [3.63, 3.8) is 0 Å². The molecule has 0 aromatic carbocycles. The van der Waals surface area contributed by atoms with Gasteiger partial charge in [0, 0.05) is 25.2 Å². The highest BCUT2D eigenvalue weighted by atomic mass is 15.2. The van der Waals surface area contributed by atoms with Crippen molar-refractivity contribution in [3.05, 3.63) is 0 Å². The zero-order chi connectivity index (χ0) is 12.6. The average Bonchev–Trinajstić information content (AvgIpc) is 2.25. The van der Waals surface area contributed by atoms with Gasteiger partial charge in [0.1, 0.15) is 0 Å². The molecule has 2 atom stereocenters. The molecule has 1 N–H and O–H groups in total. The molecule has 0 rings (SSSR count). The number of hydrogen-bond acceptors (Lipinski definition) is 3. The fourth-order valence-corrected chi connectivity index (χ4v) is 2.18. The van der Waals surface area contributed by atoms with Crippen LogP contribution >= 0.6 is 0 Å². The van der Waals surface area contributed by atoms with Crippen molar-refractivity contribution in [1.82, 2.24) is 15.1 Å². The van der Waals surface area contributed by atoms with E-state index >= 15 is 0 Å². The maximum atomic E-state index is 3.42. The Morgan fingerprint density at radius 3 is 2.06 bits per heavy atom. The van der Waals surface area contributed by atoms with E-state index in [1.165, 1.54) is 25.9 Å². The zero-order valence-electron chi connectivity index (χ0n) is 12.1. The van der Waals surface area contributed by atoms with Crippen LogP contribution in [0.25, 0.3) is 0 Å². The van der Waals surface area contributed by atoms with Gasteiger partial charge < -0.3 is 10.2 Å². The van der Waals surface area contributed by atoms with E-state index in [1.54, 1.807) is 0 Å². The molecule has 0 aliphatic carbocycles. The lowest BCUT2D eigenvalue weighted by molar-refractivity contribution is 0.156.